The summed E-state index contributed by atoms with van der Waals surface area (Å²) in [5.41, 5.74) is 0.243. The molecular formula is C14H30N2. The van der Waals surface area contributed by atoms with Crippen LogP contribution in [0.1, 0.15) is 60.3 Å². The van der Waals surface area contributed by atoms with Crippen molar-refractivity contribution in [1.82, 2.24) is 10.2 Å². The number of nitrogens with one attached hydrogen (secondary N) is 1. The largest absolute Gasteiger partial charge is 0.311 e. The molecule has 1 aliphatic rings. The van der Waals surface area contributed by atoms with E-state index in [-0.39, 0.29) is 5.54 Å². The second-order valence-corrected chi connectivity index (χ2v) is 6.28. The Morgan fingerprint density at radius 3 is 2.50 bits per heavy atom. The van der Waals surface area contributed by atoms with Crippen LogP contribution in [0.3, 0.4) is 0 Å². The molecular weight excluding hydrogens is 196 g/mol. The Morgan fingerprint density at radius 1 is 1.31 bits per heavy atom. The normalized spacial score (nSPS) is 25.7. The fraction of sp³-hybridized carbons (Fsp3) is 1.00. The zero-order valence-electron chi connectivity index (χ0n) is 11.8. The van der Waals surface area contributed by atoms with Crippen molar-refractivity contribution in [3.8, 4) is 0 Å². The minimum absolute atomic E-state index is 0.243. The van der Waals surface area contributed by atoms with Crippen molar-refractivity contribution in [3.63, 3.8) is 0 Å². The van der Waals surface area contributed by atoms with Gasteiger partial charge in [0.1, 0.15) is 0 Å². The third-order valence-electron chi connectivity index (χ3n) is 3.66. The first kappa shape index (κ1) is 14.0. The molecule has 1 rings (SSSR count). The van der Waals surface area contributed by atoms with Gasteiger partial charge in [-0.1, -0.05) is 13.3 Å². The van der Waals surface area contributed by atoms with Crippen molar-refractivity contribution < 1.29 is 0 Å². The predicted octanol–water partition coefficient (Wildman–Crippen LogP) is 3.03. The summed E-state index contributed by atoms with van der Waals surface area (Å²) in [5, 5.41) is 3.65. The molecule has 1 N–H and O–H groups in total. The van der Waals surface area contributed by atoms with Crippen molar-refractivity contribution in [1.29, 1.82) is 0 Å². The Labute approximate surface area is 102 Å². The van der Waals surface area contributed by atoms with Gasteiger partial charge in [0.15, 0.2) is 0 Å². The Morgan fingerprint density at radius 2 is 2.00 bits per heavy atom. The maximum Gasteiger partial charge on any atom is 0.0221 e. The number of nitrogens with zero attached hydrogens (tertiary/aromatic N) is 1. The van der Waals surface area contributed by atoms with Crippen molar-refractivity contribution in [2.75, 3.05) is 13.1 Å². The van der Waals surface area contributed by atoms with Crippen LogP contribution in [-0.2, 0) is 0 Å². The number of likely N-dealkylation sites (tertiary alicyclic amines) is 1. The van der Waals surface area contributed by atoms with E-state index in [0.29, 0.717) is 0 Å². The van der Waals surface area contributed by atoms with Gasteiger partial charge in [0, 0.05) is 24.2 Å². The topological polar surface area (TPSA) is 15.3 Å². The molecule has 2 unspecified atom stereocenters. The third-order valence-corrected chi connectivity index (χ3v) is 3.66. The van der Waals surface area contributed by atoms with Gasteiger partial charge in [0.05, 0.1) is 0 Å². The summed E-state index contributed by atoms with van der Waals surface area (Å²) >= 11 is 0. The molecule has 0 spiro atoms. The molecule has 1 heterocycles. The monoisotopic (exact) mass is 226 g/mol. The van der Waals surface area contributed by atoms with E-state index in [4.69, 9.17) is 0 Å². The minimum Gasteiger partial charge on any atom is -0.311 e. The van der Waals surface area contributed by atoms with Gasteiger partial charge in [-0.3, -0.25) is 4.90 Å². The molecule has 1 aliphatic heterocycles. The van der Waals surface area contributed by atoms with E-state index in [1.54, 1.807) is 0 Å². The second kappa shape index (κ2) is 6.02. The molecule has 2 heteroatoms. The van der Waals surface area contributed by atoms with E-state index >= 15 is 0 Å². The fourth-order valence-electron chi connectivity index (χ4n) is 2.58. The number of hydrogen-bond acceptors (Lipinski definition) is 2. The molecule has 1 fully saturated rings. The van der Waals surface area contributed by atoms with Crippen molar-refractivity contribution in [2.45, 2.75) is 77.9 Å². The average molecular weight is 226 g/mol. The molecule has 2 atom stereocenters. The molecule has 0 amide bonds. The molecule has 0 bridgehead atoms. The van der Waals surface area contributed by atoms with Gasteiger partial charge in [0.2, 0.25) is 0 Å². The highest BCUT2D eigenvalue weighted by molar-refractivity contribution is 4.83. The van der Waals surface area contributed by atoms with Gasteiger partial charge in [-0.2, -0.15) is 0 Å². The Balaban J connectivity index is 2.45. The van der Waals surface area contributed by atoms with Crippen LogP contribution in [0.4, 0.5) is 0 Å². The van der Waals surface area contributed by atoms with E-state index in [9.17, 15) is 0 Å². The summed E-state index contributed by atoms with van der Waals surface area (Å²) in [4.78, 5) is 2.71. The fourth-order valence-corrected chi connectivity index (χ4v) is 2.58. The second-order valence-electron chi connectivity index (χ2n) is 6.28. The number of piperidine rings is 1. The quantitative estimate of drug-likeness (QED) is 0.792. The Hall–Kier alpha value is -0.0800. The number of rotatable bonds is 4. The standard InChI is InChI=1S/C14H30N2/c1-6-13(11-15-14(3,4)5)16-10-8-7-9-12(16)2/h12-13,15H,6-11H2,1-5H3. The van der Waals surface area contributed by atoms with Crippen molar-refractivity contribution in [2.24, 2.45) is 0 Å². The van der Waals surface area contributed by atoms with Gasteiger partial charge in [0.25, 0.3) is 0 Å². The van der Waals surface area contributed by atoms with E-state index in [1.807, 2.05) is 0 Å². The highest BCUT2D eigenvalue weighted by Crippen LogP contribution is 2.20. The summed E-state index contributed by atoms with van der Waals surface area (Å²) in [7, 11) is 0. The average Bonchev–Trinajstić information content (AvgIpc) is 2.20. The van der Waals surface area contributed by atoms with E-state index < -0.39 is 0 Å². The molecule has 16 heavy (non-hydrogen) atoms. The van der Waals surface area contributed by atoms with Crippen LogP contribution in [0.15, 0.2) is 0 Å². The highest BCUT2D eigenvalue weighted by atomic mass is 15.2. The minimum atomic E-state index is 0.243. The molecule has 0 aromatic heterocycles. The predicted molar refractivity (Wildman–Crippen MR) is 71.9 cm³/mol. The first-order valence-corrected chi connectivity index (χ1v) is 6.95. The summed E-state index contributed by atoms with van der Waals surface area (Å²) in [5.74, 6) is 0. The molecule has 0 aliphatic carbocycles. The van der Waals surface area contributed by atoms with Crippen LogP contribution < -0.4 is 5.32 Å². The van der Waals surface area contributed by atoms with E-state index in [1.165, 1.54) is 32.2 Å². The maximum atomic E-state index is 3.65. The molecule has 0 aromatic carbocycles. The van der Waals surface area contributed by atoms with Crippen LogP contribution in [0.5, 0.6) is 0 Å². The third kappa shape index (κ3) is 4.42. The molecule has 2 nitrogen and oxygen atoms in total. The van der Waals surface area contributed by atoms with Gasteiger partial charge in [-0.15, -0.1) is 0 Å². The lowest BCUT2D eigenvalue weighted by molar-refractivity contribution is 0.0970. The summed E-state index contributed by atoms with van der Waals surface area (Å²) < 4.78 is 0. The molecule has 0 aromatic rings. The Kier molecular flexibility index (Phi) is 5.26. The van der Waals surface area contributed by atoms with Crippen molar-refractivity contribution >= 4 is 0 Å². The first-order chi connectivity index (χ1) is 7.44. The van der Waals surface area contributed by atoms with Crippen LogP contribution in [-0.4, -0.2) is 35.6 Å². The first-order valence-electron chi connectivity index (χ1n) is 6.95. The Bertz CT molecular complexity index is 195. The molecule has 0 saturated carbocycles. The van der Waals surface area contributed by atoms with Gasteiger partial charge in [-0.05, 0) is 53.5 Å². The lowest BCUT2D eigenvalue weighted by atomic mass is 9.99. The summed E-state index contributed by atoms with van der Waals surface area (Å²) in [6.07, 6.45) is 5.44. The highest BCUT2D eigenvalue weighted by Gasteiger charge is 2.25. The smallest absolute Gasteiger partial charge is 0.0221 e. The molecule has 96 valence electrons. The van der Waals surface area contributed by atoms with E-state index in [0.717, 1.165) is 18.6 Å². The van der Waals surface area contributed by atoms with Gasteiger partial charge >= 0.3 is 0 Å². The number of hydrogen-bond donors (Lipinski definition) is 1. The van der Waals surface area contributed by atoms with Crippen LogP contribution in [0.2, 0.25) is 0 Å². The van der Waals surface area contributed by atoms with Crippen LogP contribution >= 0.6 is 0 Å². The van der Waals surface area contributed by atoms with Gasteiger partial charge in [-0.25, -0.2) is 0 Å². The molecule has 0 radical (unpaired) electrons. The maximum absolute atomic E-state index is 3.65. The van der Waals surface area contributed by atoms with E-state index in [2.05, 4.69) is 44.8 Å². The van der Waals surface area contributed by atoms with Crippen LogP contribution in [0.25, 0.3) is 0 Å². The summed E-state index contributed by atoms with van der Waals surface area (Å²) in [6, 6.07) is 1.50. The zero-order chi connectivity index (χ0) is 12.2. The SMILES string of the molecule is CCC(CNC(C)(C)C)N1CCCCC1C. The van der Waals surface area contributed by atoms with Crippen LogP contribution in [0, 0.1) is 0 Å². The lowest BCUT2D eigenvalue weighted by Crippen LogP contribution is -2.51. The summed E-state index contributed by atoms with van der Waals surface area (Å²) in [6.45, 7) is 13.9. The molecule has 1 saturated heterocycles. The van der Waals surface area contributed by atoms with Crippen molar-refractivity contribution in [3.05, 3.63) is 0 Å². The zero-order valence-corrected chi connectivity index (χ0v) is 11.8. The lowest BCUT2D eigenvalue weighted by Gasteiger charge is -2.40. The van der Waals surface area contributed by atoms with Gasteiger partial charge < -0.3 is 5.32 Å².